The molecule has 102 valence electrons. The normalized spacial score (nSPS) is 15.3. The van der Waals surface area contributed by atoms with E-state index in [0.29, 0.717) is 0 Å². The number of rotatable bonds is 4. The van der Waals surface area contributed by atoms with Crippen molar-refractivity contribution in [3.8, 4) is 0 Å². The highest BCUT2D eigenvalue weighted by molar-refractivity contribution is 5.96. The van der Waals surface area contributed by atoms with Gasteiger partial charge in [-0.05, 0) is 45.0 Å². The number of benzene rings is 1. The Bertz CT molecular complexity index is 479. The van der Waals surface area contributed by atoms with Gasteiger partial charge in [0.2, 0.25) is 0 Å². The lowest BCUT2D eigenvalue weighted by Crippen LogP contribution is -2.36. The van der Waals surface area contributed by atoms with Gasteiger partial charge in [-0.1, -0.05) is 29.8 Å². The lowest BCUT2D eigenvalue weighted by molar-refractivity contribution is 0.0765. The maximum atomic E-state index is 12.6. The van der Waals surface area contributed by atoms with E-state index in [1.165, 1.54) is 5.57 Å². The first kappa shape index (κ1) is 13.8. The highest BCUT2D eigenvalue weighted by Crippen LogP contribution is 2.16. The predicted molar refractivity (Wildman–Crippen MR) is 78.4 cm³/mol. The third-order valence-electron chi connectivity index (χ3n) is 3.51. The van der Waals surface area contributed by atoms with Gasteiger partial charge in [0.1, 0.15) is 0 Å². The zero-order valence-electron chi connectivity index (χ0n) is 11.8. The summed E-state index contributed by atoms with van der Waals surface area (Å²) >= 11 is 0. The van der Waals surface area contributed by atoms with Crippen molar-refractivity contribution in [1.82, 2.24) is 10.2 Å². The van der Waals surface area contributed by atoms with Crippen LogP contribution in [-0.4, -0.2) is 37.5 Å². The van der Waals surface area contributed by atoms with Gasteiger partial charge in [-0.3, -0.25) is 4.79 Å². The van der Waals surface area contributed by atoms with E-state index in [4.69, 9.17) is 0 Å². The maximum absolute atomic E-state index is 12.6. The molecule has 0 radical (unpaired) electrons. The second kappa shape index (κ2) is 6.53. The molecule has 0 atom stereocenters. The van der Waals surface area contributed by atoms with Crippen molar-refractivity contribution in [1.29, 1.82) is 0 Å². The maximum Gasteiger partial charge on any atom is 0.254 e. The largest absolute Gasteiger partial charge is 0.334 e. The zero-order chi connectivity index (χ0) is 13.7. The number of nitrogens with zero attached hydrogens (tertiary/aromatic N) is 1. The first-order valence-corrected chi connectivity index (χ1v) is 6.90. The van der Waals surface area contributed by atoms with Crippen molar-refractivity contribution in [3.63, 3.8) is 0 Å². The molecule has 0 aliphatic carbocycles. The molecule has 0 bridgehead atoms. The van der Waals surface area contributed by atoms with E-state index >= 15 is 0 Å². The van der Waals surface area contributed by atoms with Crippen LogP contribution in [0.4, 0.5) is 0 Å². The molecule has 0 saturated heterocycles. The van der Waals surface area contributed by atoms with Gasteiger partial charge in [0.25, 0.3) is 5.91 Å². The third kappa shape index (κ3) is 3.44. The lowest BCUT2D eigenvalue weighted by Gasteiger charge is -2.27. The molecule has 0 saturated carbocycles. The first-order chi connectivity index (χ1) is 9.22. The Morgan fingerprint density at radius 2 is 2.16 bits per heavy atom. The van der Waals surface area contributed by atoms with Crippen molar-refractivity contribution in [2.24, 2.45) is 0 Å². The number of nitrogens with one attached hydrogen (secondary N) is 1. The molecule has 0 fully saturated rings. The zero-order valence-corrected chi connectivity index (χ0v) is 11.8. The van der Waals surface area contributed by atoms with Gasteiger partial charge in [0.05, 0.1) is 0 Å². The molecule has 0 unspecified atom stereocenters. The van der Waals surface area contributed by atoms with Crippen LogP contribution >= 0.6 is 0 Å². The minimum absolute atomic E-state index is 0.166. The van der Waals surface area contributed by atoms with Gasteiger partial charge >= 0.3 is 0 Å². The van der Waals surface area contributed by atoms with E-state index in [9.17, 15) is 4.79 Å². The Kier molecular flexibility index (Phi) is 4.74. The monoisotopic (exact) mass is 258 g/mol. The topological polar surface area (TPSA) is 32.3 Å². The fourth-order valence-electron chi connectivity index (χ4n) is 2.46. The van der Waals surface area contributed by atoms with E-state index in [-0.39, 0.29) is 5.91 Å². The van der Waals surface area contributed by atoms with Crippen LogP contribution in [0.1, 0.15) is 29.3 Å². The second-order valence-corrected chi connectivity index (χ2v) is 5.08. The van der Waals surface area contributed by atoms with Crippen LogP contribution < -0.4 is 5.32 Å². The average Bonchev–Trinajstić information content (AvgIpc) is 2.44. The molecule has 2 rings (SSSR count). The van der Waals surface area contributed by atoms with Gasteiger partial charge < -0.3 is 10.2 Å². The fraction of sp³-hybridized carbons (Fsp3) is 0.438. The van der Waals surface area contributed by atoms with Crippen LogP contribution in [0.15, 0.2) is 35.9 Å². The predicted octanol–water partition coefficient (Wildman–Crippen LogP) is 2.24. The van der Waals surface area contributed by atoms with Gasteiger partial charge in [0.15, 0.2) is 0 Å². The van der Waals surface area contributed by atoms with Crippen LogP contribution in [0.25, 0.3) is 0 Å². The smallest absolute Gasteiger partial charge is 0.254 e. The summed E-state index contributed by atoms with van der Waals surface area (Å²) in [6.45, 7) is 4.57. The van der Waals surface area contributed by atoms with Crippen LogP contribution in [-0.2, 0) is 6.42 Å². The number of likely N-dealkylation sites (N-methyl/N-ethyl adjacent to an activating group) is 1. The molecule has 1 amide bonds. The fourth-order valence-corrected chi connectivity index (χ4v) is 2.46. The minimum Gasteiger partial charge on any atom is -0.334 e. The SMILES string of the molecule is CNCCc1ccccc1C(=O)N1CCC=C(C)C1. The molecule has 1 N–H and O–H groups in total. The first-order valence-electron chi connectivity index (χ1n) is 6.90. The Morgan fingerprint density at radius 1 is 1.37 bits per heavy atom. The number of hydrogen-bond acceptors (Lipinski definition) is 2. The highest BCUT2D eigenvalue weighted by Gasteiger charge is 2.20. The van der Waals surface area contributed by atoms with Gasteiger partial charge in [-0.15, -0.1) is 0 Å². The average molecular weight is 258 g/mol. The van der Waals surface area contributed by atoms with Crippen molar-refractivity contribution < 1.29 is 4.79 Å². The van der Waals surface area contributed by atoms with Gasteiger partial charge in [0, 0.05) is 18.7 Å². The molecule has 1 aromatic carbocycles. The van der Waals surface area contributed by atoms with Crippen molar-refractivity contribution >= 4 is 5.91 Å². The van der Waals surface area contributed by atoms with Crippen LogP contribution in [0.3, 0.4) is 0 Å². The molecule has 1 aliphatic heterocycles. The van der Waals surface area contributed by atoms with Crippen LogP contribution in [0.5, 0.6) is 0 Å². The van der Waals surface area contributed by atoms with Crippen LogP contribution in [0.2, 0.25) is 0 Å². The molecular weight excluding hydrogens is 236 g/mol. The van der Waals surface area contributed by atoms with Crippen molar-refractivity contribution in [2.45, 2.75) is 19.8 Å². The van der Waals surface area contributed by atoms with Gasteiger partial charge in [-0.25, -0.2) is 0 Å². The van der Waals surface area contributed by atoms with Crippen LogP contribution in [0, 0.1) is 0 Å². The summed E-state index contributed by atoms with van der Waals surface area (Å²) in [7, 11) is 1.93. The minimum atomic E-state index is 0.166. The van der Waals surface area contributed by atoms with E-state index < -0.39 is 0 Å². The Hall–Kier alpha value is -1.61. The summed E-state index contributed by atoms with van der Waals surface area (Å²) in [5.74, 6) is 0.166. The molecule has 3 nitrogen and oxygen atoms in total. The molecule has 1 aliphatic rings. The summed E-state index contributed by atoms with van der Waals surface area (Å²) in [6.07, 6.45) is 4.08. The molecule has 0 spiro atoms. The number of amides is 1. The molecule has 19 heavy (non-hydrogen) atoms. The summed E-state index contributed by atoms with van der Waals surface area (Å²) in [6, 6.07) is 7.95. The number of hydrogen-bond donors (Lipinski definition) is 1. The summed E-state index contributed by atoms with van der Waals surface area (Å²) in [5.41, 5.74) is 3.27. The van der Waals surface area contributed by atoms with E-state index in [2.05, 4.69) is 24.4 Å². The molecule has 1 heterocycles. The Labute approximate surface area is 115 Å². The Morgan fingerprint density at radius 3 is 2.89 bits per heavy atom. The quantitative estimate of drug-likeness (QED) is 0.840. The lowest BCUT2D eigenvalue weighted by atomic mass is 10.0. The Balaban J connectivity index is 2.16. The van der Waals surface area contributed by atoms with Gasteiger partial charge in [-0.2, -0.15) is 0 Å². The molecule has 0 aromatic heterocycles. The third-order valence-corrected chi connectivity index (χ3v) is 3.51. The molecule has 3 heteroatoms. The van der Waals surface area contributed by atoms with Crippen molar-refractivity contribution in [3.05, 3.63) is 47.0 Å². The second-order valence-electron chi connectivity index (χ2n) is 5.08. The van der Waals surface area contributed by atoms with E-state index in [0.717, 1.165) is 43.6 Å². The van der Waals surface area contributed by atoms with E-state index in [1.54, 1.807) is 0 Å². The standard InChI is InChI=1S/C16H22N2O/c1-13-6-5-11-18(12-13)16(19)15-8-4-3-7-14(15)9-10-17-2/h3-4,6-8,17H,5,9-12H2,1-2H3. The molecule has 1 aromatic rings. The van der Waals surface area contributed by atoms with Crippen molar-refractivity contribution in [2.75, 3.05) is 26.7 Å². The number of carbonyl (C=O) groups excluding carboxylic acids is 1. The number of carbonyl (C=O) groups is 1. The molecular formula is C16H22N2O. The summed E-state index contributed by atoms with van der Waals surface area (Å²) in [5, 5.41) is 3.13. The van der Waals surface area contributed by atoms with E-state index in [1.807, 2.05) is 30.1 Å². The highest BCUT2D eigenvalue weighted by atomic mass is 16.2. The summed E-state index contributed by atoms with van der Waals surface area (Å²) < 4.78 is 0. The summed E-state index contributed by atoms with van der Waals surface area (Å²) in [4.78, 5) is 14.6.